The molecule has 4 heteroatoms. The molecule has 0 amide bonds. The number of hydrogen-bond donors (Lipinski definition) is 2. The van der Waals surface area contributed by atoms with Gasteiger partial charge in [0.15, 0.2) is 0 Å². The van der Waals surface area contributed by atoms with Crippen molar-refractivity contribution >= 4 is 5.69 Å². The second kappa shape index (κ2) is 2.96. The number of para-hydroxylation sites is 1. The van der Waals surface area contributed by atoms with Crippen molar-refractivity contribution in [3.05, 3.63) is 29.8 Å². The van der Waals surface area contributed by atoms with Gasteiger partial charge in [-0.25, -0.2) is 14.2 Å². The van der Waals surface area contributed by atoms with Crippen LogP contribution in [0.15, 0.2) is 24.3 Å². The lowest BCUT2D eigenvalue weighted by atomic mass is 10.1. The largest absolute Gasteiger partial charge is 0.321 e. The van der Waals surface area contributed by atoms with Crippen molar-refractivity contribution in [1.82, 2.24) is 5.43 Å². The van der Waals surface area contributed by atoms with Gasteiger partial charge in [0, 0.05) is 6.42 Å². The van der Waals surface area contributed by atoms with Crippen LogP contribution < -0.4 is 10.9 Å². The number of benzene rings is 1. The fourth-order valence-electron chi connectivity index (χ4n) is 1.41. The molecule has 2 nitrogen and oxygen atoms in total. The fourth-order valence-corrected chi connectivity index (χ4v) is 1.41. The molecule has 2 N–H and O–H groups in total. The van der Waals surface area contributed by atoms with E-state index in [9.17, 15) is 8.78 Å². The highest BCUT2D eigenvalue weighted by Gasteiger charge is 2.31. The first-order chi connectivity index (χ1) is 6.17. The number of rotatable bonds is 0. The van der Waals surface area contributed by atoms with Gasteiger partial charge >= 0.3 is 0 Å². The van der Waals surface area contributed by atoms with Crippen molar-refractivity contribution in [2.75, 3.05) is 12.0 Å². The van der Waals surface area contributed by atoms with Gasteiger partial charge in [-0.05, 0) is 11.6 Å². The molecular formula is C9H10F2N2. The average Bonchev–Trinajstić information content (AvgIpc) is 2.21. The van der Waals surface area contributed by atoms with Crippen molar-refractivity contribution in [2.45, 2.75) is 12.3 Å². The lowest BCUT2D eigenvalue weighted by molar-refractivity contribution is 0.00640. The molecule has 2 rings (SSSR count). The molecule has 0 aromatic heterocycles. The zero-order valence-electron chi connectivity index (χ0n) is 6.98. The molecule has 0 saturated heterocycles. The summed E-state index contributed by atoms with van der Waals surface area (Å²) < 4.78 is 26.1. The molecule has 0 bridgehead atoms. The Morgan fingerprint density at radius 3 is 2.85 bits per heavy atom. The quantitative estimate of drug-likeness (QED) is 0.642. The lowest BCUT2D eigenvalue weighted by Crippen LogP contribution is -2.34. The first-order valence-electron chi connectivity index (χ1n) is 4.12. The zero-order chi connectivity index (χ0) is 9.31. The van der Waals surface area contributed by atoms with E-state index in [1.54, 1.807) is 18.2 Å². The van der Waals surface area contributed by atoms with Crippen molar-refractivity contribution in [3.63, 3.8) is 0 Å². The minimum absolute atomic E-state index is 0.205. The molecule has 0 saturated carbocycles. The first kappa shape index (κ1) is 8.44. The van der Waals surface area contributed by atoms with E-state index in [0.717, 1.165) is 5.69 Å². The van der Waals surface area contributed by atoms with E-state index in [-0.39, 0.29) is 13.0 Å². The van der Waals surface area contributed by atoms with Gasteiger partial charge in [0.25, 0.3) is 5.92 Å². The summed E-state index contributed by atoms with van der Waals surface area (Å²) in [6.45, 7) is -0.332. The van der Waals surface area contributed by atoms with E-state index in [2.05, 4.69) is 10.9 Å². The summed E-state index contributed by atoms with van der Waals surface area (Å²) in [6, 6.07) is 7.08. The molecule has 0 radical (unpaired) electrons. The van der Waals surface area contributed by atoms with E-state index >= 15 is 0 Å². The van der Waals surface area contributed by atoms with Crippen molar-refractivity contribution in [3.8, 4) is 0 Å². The van der Waals surface area contributed by atoms with Gasteiger partial charge in [-0.15, -0.1) is 0 Å². The minimum atomic E-state index is -2.67. The lowest BCUT2D eigenvalue weighted by Gasteiger charge is -2.11. The highest BCUT2D eigenvalue weighted by molar-refractivity contribution is 5.51. The Hall–Kier alpha value is -1.16. The molecule has 13 heavy (non-hydrogen) atoms. The van der Waals surface area contributed by atoms with Gasteiger partial charge in [0.05, 0.1) is 12.2 Å². The molecule has 0 unspecified atom stereocenters. The zero-order valence-corrected chi connectivity index (χ0v) is 6.98. The maximum absolute atomic E-state index is 13.0. The van der Waals surface area contributed by atoms with Gasteiger partial charge in [-0.2, -0.15) is 0 Å². The Morgan fingerprint density at radius 2 is 2.00 bits per heavy atom. The van der Waals surface area contributed by atoms with Gasteiger partial charge in [-0.1, -0.05) is 18.2 Å². The maximum Gasteiger partial charge on any atom is 0.266 e. The average molecular weight is 184 g/mol. The second-order valence-electron chi connectivity index (χ2n) is 3.17. The van der Waals surface area contributed by atoms with E-state index in [1.807, 2.05) is 6.07 Å². The van der Waals surface area contributed by atoms with E-state index in [1.165, 1.54) is 0 Å². The third-order valence-corrected chi connectivity index (χ3v) is 2.04. The number of fused-ring (bicyclic) bond motifs is 1. The van der Waals surface area contributed by atoms with Gasteiger partial charge in [0.1, 0.15) is 0 Å². The number of nitrogens with one attached hydrogen (secondary N) is 2. The maximum atomic E-state index is 13.0. The van der Waals surface area contributed by atoms with Crippen LogP contribution in [-0.2, 0) is 6.42 Å². The predicted molar refractivity (Wildman–Crippen MR) is 46.7 cm³/mol. The number of alkyl halides is 2. The summed E-state index contributed by atoms with van der Waals surface area (Å²) >= 11 is 0. The molecule has 0 fully saturated rings. The number of hydrogen-bond acceptors (Lipinski definition) is 2. The molecule has 1 aliphatic heterocycles. The highest BCUT2D eigenvalue weighted by atomic mass is 19.3. The Morgan fingerprint density at radius 1 is 1.23 bits per heavy atom. The first-order valence-corrected chi connectivity index (χ1v) is 4.12. The third-order valence-electron chi connectivity index (χ3n) is 2.04. The highest BCUT2D eigenvalue weighted by Crippen LogP contribution is 2.26. The fraction of sp³-hybridized carbons (Fsp3) is 0.333. The SMILES string of the molecule is FC1(F)CNNc2ccccc2C1. The smallest absolute Gasteiger partial charge is 0.266 e. The Balaban J connectivity index is 2.34. The standard InChI is InChI=1S/C9H10F2N2/c10-9(11)5-7-3-1-2-4-8(7)13-12-6-9/h1-4,12-13H,5-6H2. The molecule has 1 aromatic carbocycles. The topological polar surface area (TPSA) is 24.1 Å². The Kier molecular flexibility index (Phi) is 1.92. The van der Waals surface area contributed by atoms with Gasteiger partial charge < -0.3 is 5.43 Å². The van der Waals surface area contributed by atoms with Gasteiger partial charge in [-0.3, -0.25) is 0 Å². The van der Waals surface area contributed by atoms with Crippen LogP contribution in [0.4, 0.5) is 14.5 Å². The van der Waals surface area contributed by atoms with Crippen molar-refractivity contribution < 1.29 is 8.78 Å². The van der Waals surface area contributed by atoms with Crippen LogP contribution in [0, 0.1) is 0 Å². The number of hydrazine groups is 1. The normalized spacial score (nSPS) is 19.8. The molecule has 0 atom stereocenters. The minimum Gasteiger partial charge on any atom is -0.321 e. The Labute approximate surface area is 74.9 Å². The summed E-state index contributed by atoms with van der Waals surface area (Å²) in [4.78, 5) is 0. The van der Waals surface area contributed by atoms with Crippen LogP contribution in [0.3, 0.4) is 0 Å². The number of anilines is 1. The van der Waals surface area contributed by atoms with E-state index in [0.29, 0.717) is 5.56 Å². The van der Waals surface area contributed by atoms with Crippen LogP contribution in [0.1, 0.15) is 5.56 Å². The summed E-state index contributed by atoms with van der Waals surface area (Å²) in [6.07, 6.45) is -0.205. The van der Waals surface area contributed by atoms with E-state index < -0.39 is 5.92 Å². The van der Waals surface area contributed by atoms with Crippen LogP contribution in [-0.4, -0.2) is 12.5 Å². The monoisotopic (exact) mass is 184 g/mol. The van der Waals surface area contributed by atoms with Crippen LogP contribution in [0.25, 0.3) is 0 Å². The molecule has 70 valence electrons. The molecular weight excluding hydrogens is 174 g/mol. The van der Waals surface area contributed by atoms with Crippen LogP contribution in [0.5, 0.6) is 0 Å². The number of halogens is 2. The van der Waals surface area contributed by atoms with Crippen molar-refractivity contribution in [2.24, 2.45) is 0 Å². The molecule has 1 aliphatic rings. The summed E-state index contributed by atoms with van der Waals surface area (Å²) in [5.41, 5.74) is 6.63. The summed E-state index contributed by atoms with van der Waals surface area (Å²) in [7, 11) is 0. The predicted octanol–water partition coefficient (Wildman–Crippen LogP) is 1.79. The second-order valence-corrected chi connectivity index (χ2v) is 3.17. The van der Waals surface area contributed by atoms with Crippen LogP contribution >= 0.6 is 0 Å². The summed E-state index contributed by atoms with van der Waals surface area (Å²) in [5, 5.41) is 0. The Bertz CT molecular complexity index is 312. The summed E-state index contributed by atoms with van der Waals surface area (Å²) in [5.74, 6) is -2.67. The molecule has 0 spiro atoms. The third kappa shape index (κ3) is 1.78. The van der Waals surface area contributed by atoms with E-state index in [4.69, 9.17) is 0 Å². The van der Waals surface area contributed by atoms with Crippen LogP contribution in [0.2, 0.25) is 0 Å². The molecule has 1 heterocycles. The van der Waals surface area contributed by atoms with Crippen molar-refractivity contribution in [1.29, 1.82) is 0 Å². The molecule has 1 aromatic rings. The van der Waals surface area contributed by atoms with Gasteiger partial charge in [0.2, 0.25) is 0 Å². The molecule has 0 aliphatic carbocycles.